The zero-order chi connectivity index (χ0) is 18.9. The van der Waals surface area contributed by atoms with E-state index < -0.39 is 5.79 Å². The fourth-order valence-electron chi connectivity index (χ4n) is 3.32. The van der Waals surface area contributed by atoms with Crippen LogP contribution in [0.5, 0.6) is 11.5 Å². The van der Waals surface area contributed by atoms with Crippen molar-refractivity contribution in [3.05, 3.63) is 34.6 Å². The van der Waals surface area contributed by atoms with Gasteiger partial charge in [-0.15, -0.1) is 0 Å². The minimum Gasteiger partial charge on any atom is -0.448 e. The first kappa shape index (κ1) is 17.7. The number of H-pyrrole nitrogens is 1. The van der Waals surface area contributed by atoms with E-state index in [4.69, 9.17) is 15.2 Å². The molecule has 8 nitrogen and oxygen atoms in total. The lowest BCUT2D eigenvalue weighted by Crippen LogP contribution is -2.40. The molecular weight excluding hydrogens is 368 g/mol. The summed E-state index contributed by atoms with van der Waals surface area (Å²) in [4.78, 5) is 30.1. The van der Waals surface area contributed by atoms with Crippen molar-refractivity contribution in [2.45, 2.75) is 43.0 Å². The molecule has 0 unspecified atom stereocenters. The van der Waals surface area contributed by atoms with Crippen LogP contribution in [-0.2, 0) is 4.79 Å². The number of amides is 1. The summed E-state index contributed by atoms with van der Waals surface area (Å²) in [6.45, 7) is 0. The number of nitrogens with zero attached hydrogens (tertiary/aromatic N) is 1. The summed E-state index contributed by atoms with van der Waals surface area (Å²) in [6, 6.07) is 6.57. The van der Waals surface area contributed by atoms with Crippen molar-refractivity contribution < 1.29 is 14.3 Å². The number of fused-ring (bicyclic) bond motifs is 1. The molecule has 2 heterocycles. The second kappa shape index (κ2) is 7.15. The van der Waals surface area contributed by atoms with E-state index in [9.17, 15) is 9.59 Å². The molecule has 9 heteroatoms. The topological polar surface area (TPSA) is 119 Å². The summed E-state index contributed by atoms with van der Waals surface area (Å²) >= 11 is 1.10. The molecule has 1 fully saturated rings. The molecule has 1 aromatic carbocycles. The average molecular weight is 388 g/mol. The highest BCUT2D eigenvalue weighted by Gasteiger charge is 2.42. The van der Waals surface area contributed by atoms with E-state index in [1.165, 1.54) is 12.5 Å². The van der Waals surface area contributed by atoms with Crippen molar-refractivity contribution >= 4 is 29.2 Å². The van der Waals surface area contributed by atoms with Crippen LogP contribution >= 0.6 is 11.8 Å². The van der Waals surface area contributed by atoms with Gasteiger partial charge in [0.25, 0.3) is 11.3 Å². The van der Waals surface area contributed by atoms with E-state index in [0.29, 0.717) is 22.3 Å². The molecule has 2 aliphatic rings. The van der Waals surface area contributed by atoms with Gasteiger partial charge in [0.15, 0.2) is 16.7 Å². The van der Waals surface area contributed by atoms with Gasteiger partial charge in [0.2, 0.25) is 5.91 Å². The van der Waals surface area contributed by atoms with Crippen LogP contribution in [-0.4, -0.2) is 27.4 Å². The van der Waals surface area contributed by atoms with Gasteiger partial charge < -0.3 is 25.5 Å². The van der Waals surface area contributed by atoms with Gasteiger partial charge in [-0.3, -0.25) is 9.59 Å². The van der Waals surface area contributed by atoms with Gasteiger partial charge in [0.1, 0.15) is 5.82 Å². The van der Waals surface area contributed by atoms with Crippen molar-refractivity contribution in [1.29, 1.82) is 0 Å². The number of thioether (sulfide) groups is 1. The standard InChI is InChI=1S/C18H20N4O4S/c19-14-9-15(23)22-17(21-14)27-10-16(24)20-11-4-5-12-13(8-11)26-18(25-12)6-2-1-3-7-18/h4-5,8-9H,1-3,6-7,10H2,(H,20,24)(H3,19,21,22,23). The normalized spacial score (nSPS) is 17.0. The van der Waals surface area contributed by atoms with Crippen LogP contribution in [0.25, 0.3) is 0 Å². The van der Waals surface area contributed by atoms with Gasteiger partial charge in [-0.25, -0.2) is 4.98 Å². The number of benzene rings is 1. The van der Waals surface area contributed by atoms with Gasteiger partial charge in [0, 0.05) is 30.7 Å². The Morgan fingerprint density at radius 1 is 1.22 bits per heavy atom. The molecule has 0 bridgehead atoms. The smallest absolute Gasteiger partial charge is 0.253 e. The maximum absolute atomic E-state index is 12.2. The first-order valence-corrected chi connectivity index (χ1v) is 9.82. The van der Waals surface area contributed by atoms with Crippen LogP contribution in [0.3, 0.4) is 0 Å². The van der Waals surface area contributed by atoms with Crippen LogP contribution in [0.4, 0.5) is 11.5 Å². The minimum atomic E-state index is -0.538. The molecule has 1 spiro atoms. The van der Waals surface area contributed by atoms with Crippen molar-refractivity contribution in [3.8, 4) is 11.5 Å². The summed E-state index contributed by atoms with van der Waals surface area (Å²) in [6.07, 6.45) is 5.15. The van der Waals surface area contributed by atoms with Crippen LogP contribution in [0.2, 0.25) is 0 Å². The number of aromatic amines is 1. The van der Waals surface area contributed by atoms with Crippen LogP contribution < -0.4 is 26.1 Å². The molecule has 1 aliphatic carbocycles. The molecule has 4 rings (SSSR count). The molecule has 1 amide bonds. The first-order chi connectivity index (χ1) is 13.0. The molecule has 0 atom stereocenters. The summed E-state index contributed by atoms with van der Waals surface area (Å²) in [5.74, 6) is 0.814. The van der Waals surface area contributed by atoms with Gasteiger partial charge in [-0.2, -0.15) is 0 Å². The predicted molar refractivity (Wildman–Crippen MR) is 102 cm³/mol. The Bertz CT molecular complexity index is 924. The SMILES string of the molecule is Nc1cc(=O)[nH]c(SCC(=O)Nc2ccc3c(c2)OC2(CCCCC2)O3)n1. The Morgan fingerprint density at radius 3 is 2.78 bits per heavy atom. The number of carbonyl (C=O) groups is 1. The maximum atomic E-state index is 12.2. The number of nitrogens with one attached hydrogen (secondary N) is 2. The average Bonchev–Trinajstić information content (AvgIpc) is 2.96. The minimum absolute atomic E-state index is 0.0881. The molecule has 4 N–H and O–H groups in total. The highest BCUT2D eigenvalue weighted by atomic mass is 32.2. The van der Waals surface area contributed by atoms with Crippen molar-refractivity contribution in [3.63, 3.8) is 0 Å². The van der Waals surface area contributed by atoms with Crippen LogP contribution in [0.1, 0.15) is 32.1 Å². The summed E-state index contributed by atoms with van der Waals surface area (Å²) in [5, 5.41) is 3.12. The number of rotatable bonds is 4. The van der Waals surface area contributed by atoms with Crippen molar-refractivity contribution in [1.82, 2.24) is 9.97 Å². The Morgan fingerprint density at radius 2 is 2.00 bits per heavy atom. The van der Waals surface area contributed by atoms with Crippen molar-refractivity contribution in [2.24, 2.45) is 0 Å². The zero-order valence-corrected chi connectivity index (χ0v) is 15.4. The number of hydrogen-bond acceptors (Lipinski definition) is 7. The van der Waals surface area contributed by atoms with Crippen LogP contribution in [0.15, 0.2) is 34.2 Å². The maximum Gasteiger partial charge on any atom is 0.253 e. The van der Waals surface area contributed by atoms with Gasteiger partial charge >= 0.3 is 0 Å². The molecule has 1 aromatic heterocycles. The number of carbonyl (C=O) groups excluding carboxylic acids is 1. The lowest BCUT2D eigenvalue weighted by molar-refractivity contribution is -0.113. The molecule has 1 aliphatic heterocycles. The van der Waals surface area contributed by atoms with E-state index in [0.717, 1.165) is 37.4 Å². The van der Waals surface area contributed by atoms with Gasteiger partial charge in [0.05, 0.1) is 5.75 Å². The second-order valence-electron chi connectivity index (χ2n) is 6.65. The molecular formula is C18H20N4O4S. The zero-order valence-electron chi connectivity index (χ0n) is 14.6. The number of nitrogen functional groups attached to an aromatic ring is 1. The highest BCUT2D eigenvalue weighted by Crippen LogP contribution is 2.46. The molecule has 142 valence electrons. The number of aromatic nitrogens is 2. The third-order valence-corrected chi connectivity index (χ3v) is 5.39. The first-order valence-electron chi connectivity index (χ1n) is 8.83. The molecule has 0 radical (unpaired) electrons. The van der Waals surface area contributed by atoms with Gasteiger partial charge in [-0.05, 0) is 25.0 Å². The quantitative estimate of drug-likeness (QED) is 0.544. The Balaban J connectivity index is 1.37. The summed E-state index contributed by atoms with van der Waals surface area (Å²) < 4.78 is 12.1. The third-order valence-electron chi connectivity index (χ3n) is 4.51. The van der Waals surface area contributed by atoms with E-state index in [1.807, 2.05) is 6.07 Å². The number of anilines is 2. The molecule has 0 saturated heterocycles. The Kier molecular flexibility index (Phi) is 4.69. The fourth-order valence-corrected chi connectivity index (χ4v) is 4.00. The Hall–Kier alpha value is -2.68. The number of ether oxygens (including phenoxy) is 2. The number of nitrogens with two attached hydrogens (primary N) is 1. The van der Waals surface area contributed by atoms with E-state index in [-0.39, 0.29) is 23.0 Å². The summed E-state index contributed by atoms with van der Waals surface area (Å²) in [7, 11) is 0. The monoisotopic (exact) mass is 388 g/mol. The molecule has 2 aromatic rings. The predicted octanol–water partition coefficient (Wildman–Crippen LogP) is 2.51. The second-order valence-corrected chi connectivity index (χ2v) is 7.61. The molecule has 27 heavy (non-hydrogen) atoms. The number of hydrogen-bond donors (Lipinski definition) is 3. The largest absolute Gasteiger partial charge is 0.448 e. The highest BCUT2D eigenvalue weighted by molar-refractivity contribution is 7.99. The van der Waals surface area contributed by atoms with E-state index in [1.54, 1.807) is 12.1 Å². The van der Waals surface area contributed by atoms with E-state index >= 15 is 0 Å². The molecule has 1 saturated carbocycles. The summed E-state index contributed by atoms with van der Waals surface area (Å²) in [5.41, 5.74) is 5.81. The lowest BCUT2D eigenvalue weighted by Gasteiger charge is -2.31. The third kappa shape index (κ3) is 4.02. The van der Waals surface area contributed by atoms with Gasteiger partial charge in [-0.1, -0.05) is 18.2 Å². The fraction of sp³-hybridized carbons (Fsp3) is 0.389. The lowest BCUT2D eigenvalue weighted by atomic mass is 9.94. The Labute approximate surface area is 159 Å². The van der Waals surface area contributed by atoms with E-state index in [2.05, 4.69) is 15.3 Å². The van der Waals surface area contributed by atoms with Crippen LogP contribution in [0, 0.1) is 0 Å². The van der Waals surface area contributed by atoms with Crippen molar-refractivity contribution in [2.75, 3.05) is 16.8 Å².